The maximum absolute atomic E-state index is 12.6. The summed E-state index contributed by atoms with van der Waals surface area (Å²) < 4.78 is 0. The Morgan fingerprint density at radius 1 is 0.542 bits per heavy atom. The third-order valence-corrected chi connectivity index (χ3v) is 4.85. The fourth-order valence-corrected chi connectivity index (χ4v) is 3.81. The molecular formula is C18H20N2O4. The highest BCUT2D eigenvalue weighted by atomic mass is 16.1. The topological polar surface area (TPSA) is 120 Å². The van der Waals surface area contributed by atoms with Gasteiger partial charge in [-0.3, -0.25) is 19.2 Å². The molecular weight excluding hydrogens is 308 g/mol. The van der Waals surface area contributed by atoms with Gasteiger partial charge in [-0.15, -0.1) is 0 Å². The normalized spacial score (nSPS) is 18.1. The van der Waals surface area contributed by atoms with Crippen molar-refractivity contribution in [1.29, 1.82) is 0 Å². The summed E-state index contributed by atoms with van der Waals surface area (Å²) in [6.07, 6.45) is 1.83. The number of carbonyl (C=O) groups is 4. The van der Waals surface area contributed by atoms with Crippen molar-refractivity contribution in [2.45, 2.75) is 51.6 Å². The van der Waals surface area contributed by atoms with E-state index in [0.29, 0.717) is 24.0 Å². The van der Waals surface area contributed by atoms with E-state index >= 15 is 0 Å². The van der Waals surface area contributed by atoms with Gasteiger partial charge in [0.1, 0.15) is 0 Å². The van der Waals surface area contributed by atoms with Crippen LogP contribution in [-0.2, 0) is 13.1 Å². The lowest BCUT2D eigenvalue weighted by atomic mass is 9.81. The summed E-state index contributed by atoms with van der Waals surface area (Å²) in [5.41, 5.74) is 13.3. The molecule has 1 aromatic carbocycles. The summed E-state index contributed by atoms with van der Waals surface area (Å²) in [6.45, 7) is -0.124. The first-order chi connectivity index (χ1) is 11.5. The van der Waals surface area contributed by atoms with E-state index in [2.05, 4.69) is 0 Å². The van der Waals surface area contributed by atoms with Gasteiger partial charge in [0, 0.05) is 61.0 Å². The van der Waals surface area contributed by atoms with Crippen molar-refractivity contribution in [3.63, 3.8) is 0 Å². The smallest absolute Gasteiger partial charge is 0.163 e. The van der Waals surface area contributed by atoms with Gasteiger partial charge in [-0.05, 0) is 24.0 Å². The fourth-order valence-electron chi connectivity index (χ4n) is 3.81. The molecule has 6 heteroatoms. The van der Waals surface area contributed by atoms with Gasteiger partial charge in [0.2, 0.25) is 0 Å². The van der Waals surface area contributed by atoms with E-state index in [9.17, 15) is 19.2 Å². The molecule has 1 aromatic rings. The molecule has 3 rings (SSSR count). The molecule has 24 heavy (non-hydrogen) atoms. The molecule has 126 valence electrons. The minimum absolute atomic E-state index is 0.0619. The Labute approximate surface area is 139 Å². The number of nitrogens with two attached hydrogens (primary N) is 2. The summed E-state index contributed by atoms with van der Waals surface area (Å²) in [6, 6.07) is 0. The van der Waals surface area contributed by atoms with Crippen LogP contribution in [0.3, 0.4) is 0 Å². The lowest BCUT2D eigenvalue weighted by Gasteiger charge is -2.21. The lowest BCUT2D eigenvalue weighted by Crippen LogP contribution is -2.24. The zero-order valence-electron chi connectivity index (χ0n) is 13.4. The molecule has 0 amide bonds. The Hall–Kier alpha value is -2.18. The molecule has 0 saturated heterocycles. The molecule has 0 saturated carbocycles. The molecule has 0 bridgehead atoms. The van der Waals surface area contributed by atoms with Crippen LogP contribution in [0.5, 0.6) is 0 Å². The van der Waals surface area contributed by atoms with Crippen molar-refractivity contribution in [2.24, 2.45) is 11.5 Å². The van der Waals surface area contributed by atoms with Gasteiger partial charge < -0.3 is 11.5 Å². The molecule has 4 N–H and O–H groups in total. The van der Waals surface area contributed by atoms with Crippen molar-refractivity contribution in [2.75, 3.05) is 0 Å². The highest BCUT2D eigenvalue weighted by Gasteiger charge is 2.35. The summed E-state index contributed by atoms with van der Waals surface area (Å²) in [4.78, 5) is 50.5. The third kappa shape index (κ3) is 2.42. The number of hydrogen-bond donors (Lipinski definition) is 2. The molecule has 0 unspecified atom stereocenters. The Morgan fingerprint density at radius 2 is 0.792 bits per heavy atom. The average molecular weight is 328 g/mol. The van der Waals surface area contributed by atoms with Gasteiger partial charge in [0.25, 0.3) is 0 Å². The van der Waals surface area contributed by atoms with Crippen LogP contribution >= 0.6 is 0 Å². The van der Waals surface area contributed by atoms with Crippen molar-refractivity contribution in [1.82, 2.24) is 0 Å². The van der Waals surface area contributed by atoms with Gasteiger partial charge in [-0.25, -0.2) is 0 Å². The molecule has 2 aliphatic rings. The zero-order chi connectivity index (χ0) is 17.4. The molecule has 0 aliphatic heterocycles. The standard InChI is InChI=1S/C18H20N2O4/c19-7-9-15-11(21)3-1-4-12(22)16(15)10(8-20)18-14(24)6-2-5-13(23)17(9)18/h1-8,19-20H2. The van der Waals surface area contributed by atoms with Crippen LogP contribution in [-0.4, -0.2) is 23.1 Å². The Morgan fingerprint density at radius 3 is 1.00 bits per heavy atom. The van der Waals surface area contributed by atoms with Crippen LogP contribution in [0, 0.1) is 0 Å². The summed E-state index contributed by atoms with van der Waals surface area (Å²) >= 11 is 0. The van der Waals surface area contributed by atoms with Crippen LogP contribution in [0.2, 0.25) is 0 Å². The zero-order valence-corrected chi connectivity index (χ0v) is 13.4. The number of benzene rings is 1. The minimum atomic E-state index is -0.196. The van der Waals surface area contributed by atoms with E-state index < -0.39 is 0 Å². The number of Topliss-reactive ketones (excluding diaryl/α,β-unsaturated/α-hetero) is 4. The Balaban J connectivity index is 2.50. The second kappa shape index (κ2) is 6.37. The number of ketones is 4. The largest absolute Gasteiger partial charge is 0.326 e. The minimum Gasteiger partial charge on any atom is -0.326 e. The summed E-state index contributed by atoms with van der Waals surface area (Å²) in [5, 5.41) is 0. The first-order valence-corrected chi connectivity index (χ1v) is 8.25. The van der Waals surface area contributed by atoms with E-state index in [0.717, 1.165) is 0 Å². The quantitative estimate of drug-likeness (QED) is 0.797. The highest BCUT2D eigenvalue weighted by molar-refractivity contribution is 6.19. The number of fused-ring (bicyclic) bond motifs is 2. The number of rotatable bonds is 2. The monoisotopic (exact) mass is 328 g/mol. The van der Waals surface area contributed by atoms with Crippen molar-refractivity contribution in [3.05, 3.63) is 33.4 Å². The Kier molecular flexibility index (Phi) is 4.43. The second-order valence-electron chi connectivity index (χ2n) is 6.27. The van der Waals surface area contributed by atoms with Gasteiger partial charge in [-0.2, -0.15) is 0 Å². The fraction of sp³-hybridized carbons (Fsp3) is 0.444. The summed E-state index contributed by atoms with van der Waals surface area (Å²) in [5.74, 6) is -0.784. The van der Waals surface area contributed by atoms with E-state index in [4.69, 9.17) is 11.5 Å². The second-order valence-corrected chi connectivity index (χ2v) is 6.27. The maximum Gasteiger partial charge on any atom is 0.163 e. The number of carbonyl (C=O) groups excluding carboxylic acids is 4. The first kappa shape index (κ1) is 16.7. The molecule has 0 fully saturated rings. The first-order valence-electron chi connectivity index (χ1n) is 8.25. The molecule has 0 radical (unpaired) electrons. The van der Waals surface area contributed by atoms with E-state index in [1.54, 1.807) is 0 Å². The number of hydrogen-bond acceptors (Lipinski definition) is 6. The van der Waals surface area contributed by atoms with E-state index in [1.807, 2.05) is 0 Å². The predicted molar refractivity (Wildman–Crippen MR) is 87.2 cm³/mol. The van der Waals surface area contributed by atoms with E-state index in [1.165, 1.54) is 0 Å². The van der Waals surface area contributed by atoms with Crippen LogP contribution in [0.1, 0.15) is 91.1 Å². The van der Waals surface area contributed by atoms with Gasteiger partial charge in [-0.1, -0.05) is 0 Å². The summed E-state index contributed by atoms with van der Waals surface area (Å²) in [7, 11) is 0. The maximum atomic E-state index is 12.6. The van der Waals surface area contributed by atoms with Crippen molar-refractivity contribution in [3.8, 4) is 0 Å². The Bertz CT molecular complexity index is 658. The predicted octanol–water partition coefficient (Wildman–Crippen LogP) is 1.70. The van der Waals surface area contributed by atoms with Gasteiger partial charge in [0.05, 0.1) is 0 Å². The van der Waals surface area contributed by atoms with Crippen LogP contribution in [0.4, 0.5) is 0 Å². The molecule has 0 atom stereocenters. The molecule has 6 nitrogen and oxygen atoms in total. The lowest BCUT2D eigenvalue weighted by molar-refractivity contribution is 0.0967. The van der Waals surface area contributed by atoms with Crippen molar-refractivity contribution >= 4 is 23.1 Å². The van der Waals surface area contributed by atoms with Crippen molar-refractivity contribution < 1.29 is 19.2 Å². The van der Waals surface area contributed by atoms with E-state index in [-0.39, 0.29) is 84.2 Å². The van der Waals surface area contributed by atoms with Gasteiger partial charge >= 0.3 is 0 Å². The SMILES string of the molecule is NCc1c2c(c(CN)c3c1C(=O)CCCC3=O)C(=O)CCCC2=O. The third-order valence-electron chi connectivity index (χ3n) is 4.85. The molecule has 0 aromatic heterocycles. The molecule has 2 aliphatic carbocycles. The highest BCUT2D eigenvalue weighted by Crippen LogP contribution is 2.36. The van der Waals surface area contributed by atoms with Crippen LogP contribution < -0.4 is 11.5 Å². The van der Waals surface area contributed by atoms with Crippen LogP contribution in [0.15, 0.2) is 0 Å². The average Bonchev–Trinajstić information content (AvgIpc) is 2.80. The molecule has 0 spiro atoms. The van der Waals surface area contributed by atoms with Crippen LogP contribution in [0.25, 0.3) is 0 Å². The molecule has 0 heterocycles. The van der Waals surface area contributed by atoms with Gasteiger partial charge in [0.15, 0.2) is 23.1 Å².